The SMILES string of the molecule is CCCCOC(=O)c1ccccc1NC(=O)C(=O)N1CCN(c2ccccc2)CC1. The summed E-state index contributed by atoms with van der Waals surface area (Å²) in [5, 5.41) is 2.58. The highest BCUT2D eigenvalue weighted by molar-refractivity contribution is 6.39. The molecule has 2 amide bonds. The molecule has 7 heteroatoms. The Hall–Kier alpha value is -3.35. The van der Waals surface area contributed by atoms with E-state index in [9.17, 15) is 14.4 Å². The number of carbonyl (C=O) groups is 3. The summed E-state index contributed by atoms with van der Waals surface area (Å²) in [6, 6.07) is 16.5. The molecule has 0 aromatic heterocycles. The second-order valence-corrected chi connectivity index (χ2v) is 7.10. The highest BCUT2D eigenvalue weighted by Crippen LogP contribution is 2.18. The van der Waals surface area contributed by atoms with Gasteiger partial charge in [0.15, 0.2) is 0 Å². The van der Waals surface area contributed by atoms with E-state index >= 15 is 0 Å². The van der Waals surface area contributed by atoms with Crippen LogP contribution < -0.4 is 10.2 Å². The van der Waals surface area contributed by atoms with Crippen molar-refractivity contribution in [3.63, 3.8) is 0 Å². The number of anilines is 2. The molecule has 2 aromatic rings. The lowest BCUT2D eigenvalue weighted by Gasteiger charge is -2.35. The zero-order valence-corrected chi connectivity index (χ0v) is 17.2. The summed E-state index contributed by atoms with van der Waals surface area (Å²) in [4.78, 5) is 41.2. The van der Waals surface area contributed by atoms with Gasteiger partial charge in [-0.25, -0.2) is 4.79 Å². The van der Waals surface area contributed by atoms with E-state index in [4.69, 9.17) is 4.74 Å². The van der Waals surface area contributed by atoms with Crippen LogP contribution in [0.2, 0.25) is 0 Å². The molecule has 0 bridgehead atoms. The molecule has 2 aromatic carbocycles. The van der Waals surface area contributed by atoms with Crippen LogP contribution >= 0.6 is 0 Å². The lowest BCUT2D eigenvalue weighted by molar-refractivity contribution is -0.143. The molecule has 0 atom stereocenters. The highest BCUT2D eigenvalue weighted by Gasteiger charge is 2.27. The fourth-order valence-electron chi connectivity index (χ4n) is 3.28. The van der Waals surface area contributed by atoms with Crippen molar-refractivity contribution >= 4 is 29.2 Å². The van der Waals surface area contributed by atoms with E-state index in [-0.39, 0.29) is 11.3 Å². The van der Waals surface area contributed by atoms with E-state index < -0.39 is 17.8 Å². The first-order valence-electron chi connectivity index (χ1n) is 10.3. The summed E-state index contributed by atoms with van der Waals surface area (Å²) in [6.45, 7) is 4.56. The maximum Gasteiger partial charge on any atom is 0.340 e. The van der Waals surface area contributed by atoms with Crippen LogP contribution in [0.4, 0.5) is 11.4 Å². The minimum atomic E-state index is -0.753. The van der Waals surface area contributed by atoms with Crippen LogP contribution in [-0.2, 0) is 14.3 Å². The predicted molar refractivity (Wildman–Crippen MR) is 115 cm³/mol. The molecule has 1 aliphatic heterocycles. The Labute approximate surface area is 176 Å². The molecular weight excluding hydrogens is 382 g/mol. The zero-order chi connectivity index (χ0) is 21.3. The quantitative estimate of drug-likeness (QED) is 0.451. The third kappa shape index (κ3) is 5.37. The monoisotopic (exact) mass is 409 g/mol. The number of esters is 1. The van der Waals surface area contributed by atoms with Gasteiger partial charge in [0, 0.05) is 31.9 Å². The smallest absolute Gasteiger partial charge is 0.340 e. The number of nitrogens with zero attached hydrogens (tertiary/aromatic N) is 2. The Morgan fingerprint density at radius 1 is 0.933 bits per heavy atom. The molecule has 1 heterocycles. The number of amides is 2. The van der Waals surface area contributed by atoms with E-state index in [1.165, 1.54) is 4.90 Å². The fourth-order valence-corrected chi connectivity index (χ4v) is 3.28. The number of unbranched alkanes of at least 4 members (excludes halogenated alkanes) is 1. The van der Waals surface area contributed by atoms with Crippen LogP contribution in [0.25, 0.3) is 0 Å². The number of hydrogen-bond acceptors (Lipinski definition) is 5. The lowest BCUT2D eigenvalue weighted by atomic mass is 10.1. The Morgan fingerprint density at radius 2 is 1.60 bits per heavy atom. The molecule has 1 saturated heterocycles. The second-order valence-electron chi connectivity index (χ2n) is 7.10. The predicted octanol–water partition coefficient (Wildman–Crippen LogP) is 2.93. The van der Waals surface area contributed by atoms with Gasteiger partial charge in [-0.05, 0) is 30.7 Å². The lowest BCUT2D eigenvalue weighted by Crippen LogP contribution is -2.51. The van der Waals surface area contributed by atoms with Crippen molar-refractivity contribution in [3.05, 3.63) is 60.2 Å². The van der Waals surface area contributed by atoms with Crippen molar-refractivity contribution in [1.29, 1.82) is 0 Å². The van der Waals surface area contributed by atoms with Crippen molar-refractivity contribution in [2.45, 2.75) is 19.8 Å². The molecule has 30 heavy (non-hydrogen) atoms. The van der Waals surface area contributed by atoms with E-state index in [1.807, 2.05) is 37.3 Å². The van der Waals surface area contributed by atoms with Crippen molar-refractivity contribution in [1.82, 2.24) is 4.90 Å². The summed E-state index contributed by atoms with van der Waals surface area (Å²) in [6.07, 6.45) is 1.69. The number of hydrogen-bond donors (Lipinski definition) is 1. The van der Waals surface area contributed by atoms with Gasteiger partial charge >= 0.3 is 17.8 Å². The Kier molecular flexibility index (Phi) is 7.43. The largest absolute Gasteiger partial charge is 0.462 e. The molecule has 0 saturated carbocycles. The number of para-hydroxylation sites is 2. The van der Waals surface area contributed by atoms with Crippen LogP contribution in [0.15, 0.2) is 54.6 Å². The van der Waals surface area contributed by atoms with Crippen molar-refractivity contribution in [2.24, 2.45) is 0 Å². The molecular formula is C23H27N3O4. The van der Waals surface area contributed by atoms with Crippen LogP contribution in [0.5, 0.6) is 0 Å². The van der Waals surface area contributed by atoms with E-state index in [0.29, 0.717) is 32.8 Å². The average Bonchev–Trinajstić information content (AvgIpc) is 2.79. The Balaban J connectivity index is 1.57. The van der Waals surface area contributed by atoms with Gasteiger partial charge in [0.1, 0.15) is 0 Å². The van der Waals surface area contributed by atoms with E-state index in [2.05, 4.69) is 10.2 Å². The molecule has 1 fully saturated rings. The van der Waals surface area contributed by atoms with Gasteiger partial charge in [-0.1, -0.05) is 43.7 Å². The van der Waals surface area contributed by atoms with Crippen LogP contribution in [0.1, 0.15) is 30.1 Å². The molecule has 3 rings (SSSR count). The molecule has 0 unspecified atom stereocenters. The molecule has 1 N–H and O–H groups in total. The first-order chi connectivity index (χ1) is 14.6. The maximum atomic E-state index is 12.6. The van der Waals surface area contributed by atoms with Gasteiger partial charge in [0.2, 0.25) is 0 Å². The molecule has 0 spiro atoms. The first-order valence-corrected chi connectivity index (χ1v) is 10.3. The molecule has 158 valence electrons. The number of piperazine rings is 1. The number of carbonyl (C=O) groups excluding carboxylic acids is 3. The third-order valence-corrected chi connectivity index (χ3v) is 5.01. The minimum absolute atomic E-state index is 0.239. The van der Waals surface area contributed by atoms with Gasteiger partial charge in [0.05, 0.1) is 17.9 Å². The number of ether oxygens (including phenoxy) is 1. The molecule has 7 nitrogen and oxygen atoms in total. The third-order valence-electron chi connectivity index (χ3n) is 5.01. The Bertz CT molecular complexity index is 877. The Morgan fingerprint density at radius 3 is 2.30 bits per heavy atom. The average molecular weight is 409 g/mol. The van der Waals surface area contributed by atoms with Gasteiger partial charge < -0.3 is 19.9 Å². The summed E-state index contributed by atoms with van der Waals surface area (Å²) < 4.78 is 5.23. The van der Waals surface area contributed by atoms with E-state index in [0.717, 1.165) is 18.5 Å². The normalized spacial score (nSPS) is 13.6. The summed E-state index contributed by atoms with van der Waals surface area (Å²) >= 11 is 0. The topological polar surface area (TPSA) is 78.9 Å². The number of nitrogens with one attached hydrogen (secondary N) is 1. The highest BCUT2D eigenvalue weighted by atomic mass is 16.5. The minimum Gasteiger partial charge on any atom is -0.462 e. The van der Waals surface area contributed by atoms with E-state index in [1.54, 1.807) is 24.3 Å². The maximum absolute atomic E-state index is 12.6. The zero-order valence-electron chi connectivity index (χ0n) is 17.2. The first kappa shape index (κ1) is 21.4. The summed E-state index contributed by atoms with van der Waals surface area (Å²) in [7, 11) is 0. The standard InChI is InChI=1S/C23H27N3O4/c1-2-3-17-30-23(29)19-11-7-8-12-20(19)24-21(27)22(28)26-15-13-25(14-16-26)18-9-5-4-6-10-18/h4-12H,2-3,13-17H2,1H3,(H,24,27). The van der Waals surface area contributed by atoms with Crippen molar-refractivity contribution in [2.75, 3.05) is 43.0 Å². The molecule has 0 radical (unpaired) electrons. The van der Waals surface area contributed by atoms with Gasteiger partial charge in [-0.3, -0.25) is 9.59 Å². The molecule has 0 aliphatic carbocycles. The van der Waals surface area contributed by atoms with Crippen molar-refractivity contribution < 1.29 is 19.1 Å². The second kappa shape index (κ2) is 10.4. The fraction of sp³-hybridized carbons (Fsp3) is 0.348. The van der Waals surface area contributed by atoms with Gasteiger partial charge in [-0.2, -0.15) is 0 Å². The molecule has 1 aliphatic rings. The number of benzene rings is 2. The van der Waals surface area contributed by atoms with Crippen LogP contribution in [-0.4, -0.2) is 55.5 Å². The van der Waals surface area contributed by atoms with Crippen LogP contribution in [0, 0.1) is 0 Å². The summed E-state index contributed by atoms with van der Waals surface area (Å²) in [5.41, 5.74) is 1.62. The van der Waals surface area contributed by atoms with Crippen LogP contribution in [0.3, 0.4) is 0 Å². The van der Waals surface area contributed by atoms with Gasteiger partial charge in [0.25, 0.3) is 0 Å². The number of rotatable bonds is 6. The van der Waals surface area contributed by atoms with Crippen molar-refractivity contribution in [3.8, 4) is 0 Å². The summed E-state index contributed by atoms with van der Waals surface area (Å²) in [5.74, 6) is -1.86. The van der Waals surface area contributed by atoms with Gasteiger partial charge in [-0.15, -0.1) is 0 Å².